The maximum atomic E-state index is 13.4. The van der Waals surface area contributed by atoms with Crippen LogP contribution in [-0.4, -0.2) is 4.21 Å². The lowest BCUT2D eigenvalue weighted by molar-refractivity contribution is 0.615. The Kier molecular flexibility index (Phi) is 4.20. The first kappa shape index (κ1) is 12.9. The van der Waals surface area contributed by atoms with E-state index in [-0.39, 0.29) is 17.4 Å². The molecule has 0 heterocycles. The molecule has 1 nitrogen and oxygen atoms in total. The molecule has 0 spiro atoms. The van der Waals surface area contributed by atoms with Crippen LogP contribution in [0.25, 0.3) is 0 Å². The molecule has 0 N–H and O–H groups in total. The van der Waals surface area contributed by atoms with E-state index in [0.29, 0.717) is 11.3 Å². The topological polar surface area (TPSA) is 17.1 Å². The molecule has 0 aliphatic rings. The fourth-order valence-corrected chi connectivity index (χ4v) is 2.85. The minimum atomic E-state index is -1.20. The zero-order chi connectivity index (χ0) is 13.0. The Morgan fingerprint density at radius 3 is 2.22 bits per heavy atom. The van der Waals surface area contributed by atoms with Crippen LogP contribution in [0.5, 0.6) is 0 Å². The standard InChI is InChI=1S/C14H12F2OS/c15-13-7-5-11(6-8-13)9-18(17)10-12-3-1-2-4-14(12)16/h1-8H,9-10H2. The third-order valence-corrected chi connectivity index (χ3v) is 3.80. The van der Waals surface area contributed by atoms with Crippen molar-refractivity contribution in [3.63, 3.8) is 0 Å². The quantitative estimate of drug-likeness (QED) is 0.828. The minimum Gasteiger partial charge on any atom is -0.259 e. The van der Waals surface area contributed by atoms with Crippen molar-refractivity contribution in [2.24, 2.45) is 0 Å². The zero-order valence-electron chi connectivity index (χ0n) is 9.61. The summed E-state index contributed by atoms with van der Waals surface area (Å²) in [5, 5.41) is 0. The first-order chi connectivity index (χ1) is 8.65. The second-order valence-electron chi connectivity index (χ2n) is 3.95. The third kappa shape index (κ3) is 3.47. The zero-order valence-corrected chi connectivity index (χ0v) is 10.4. The molecule has 2 aromatic rings. The van der Waals surface area contributed by atoms with Crippen LogP contribution in [0.1, 0.15) is 11.1 Å². The van der Waals surface area contributed by atoms with Crippen LogP contribution in [-0.2, 0) is 22.3 Å². The Bertz CT molecular complexity index is 552. The number of hydrogen-bond donors (Lipinski definition) is 0. The SMILES string of the molecule is O=S(Cc1ccc(F)cc1)Cc1ccccc1F. The van der Waals surface area contributed by atoms with E-state index >= 15 is 0 Å². The van der Waals surface area contributed by atoms with Crippen molar-refractivity contribution in [2.45, 2.75) is 11.5 Å². The van der Waals surface area contributed by atoms with Crippen LogP contribution >= 0.6 is 0 Å². The van der Waals surface area contributed by atoms with E-state index in [1.54, 1.807) is 30.3 Å². The van der Waals surface area contributed by atoms with Crippen molar-refractivity contribution in [3.8, 4) is 0 Å². The second kappa shape index (κ2) is 5.87. The predicted octanol–water partition coefficient (Wildman–Crippen LogP) is 3.41. The molecular formula is C14H12F2OS. The van der Waals surface area contributed by atoms with Crippen molar-refractivity contribution in [1.82, 2.24) is 0 Å². The smallest absolute Gasteiger partial charge is 0.127 e. The van der Waals surface area contributed by atoms with Crippen molar-refractivity contribution >= 4 is 10.8 Å². The number of halogens is 2. The van der Waals surface area contributed by atoms with Crippen LogP contribution in [0.3, 0.4) is 0 Å². The summed E-state index contributed by atoms with van der Waals surface area (Å²) in [7, 11) is -1.20. The summed E-state index contributed by atoms with van der Waals surface area (Å²) in [6.07, 6.45) is 0. The predicted molar refractivity (Wildman–Crippen MR) is 68.4 cm³/mol. The maximum absolute atomic E-state index is 13.4. The van der Waals surface area contributed by atoms with E-state index in [1.807, 2.05) is 0 Å². The number of rotatable bonds is 4. The lowest BCUT2D eigenvalue weighted by Crippen LogP contribution is -2.01. The van der Waals surface area contributed by atoms with Gasteiger partial charge in [-0.2, -0.15) is 0 Å². The molecule has 0 saturated heterocycles. The van der Waals surface area contributed by atoms with Gasteiger partial charge in [-0.25, -0.2) is 8.78 Å². The summed E-state index contributed by atoms with van der Waals surface area (Å²) in [6, 6.07) is 12.1. The average Bonchev–Trinajstić information content (AvgIpc) is 2.35. The highest BCUT2D eigenvalue weighted by Gasteiger charge is 2.07. The summed E-state index contributed by atoms with van der Waals surface area (Å²) in [5.41, 5.74) is 1.23. The molecule has 0 aliphatic carbocycles. The normalized spacial score (nSPS) is 12.3. The Hall–Kier alpha value is -1.55. The molecule has 2 aromatic carbocycles. The molecule has 0 radical (unpaired) electrons. The highest BCUT2D eigenvalue weighted by Crippen LogP contribution is 2.12. The molecule has 0 bridgehead atoms. The first-order valence-corrected chi connectivity index (χ1v) is 6.97. The van der Waals surface area contributed by atoms with Crippen molar-refractivity contribution in [2.75, 3.05) is 0 Å². The molecule has 1 atom stereocenters. The van der Waals surface area contributed by atoms with Crippen molar-refractivity contribution in [3.05, 3.63) is 71.3 Å². The van der Waals surface area contributed by atoms with Crippen LogP contribution in [0.15, 0.2) is 48.5 Å². The molecule has 1 unspecified atom stereocenters. The highest BCUT2D eigenvalue weighted by molar-refractivity contribution is 7.83. The van der Waals surface area contributed by atoms with E-state index in [9.17, 15) is 13.0 Å². The van der Waals surface area contributed by atoms with Crippen LogP contribution in [0.2, 0.25) is 0 Å². The van der Waals surface area contributed by atoms with Crippen LogP contribution < -0.4 is 0 Å². The molecule has 0 amide bonds. The largest absolute Gasteiger partial charge is 0.259 e. The maximum Gasteiger partial charge on any atom is 0.127 e. The lowest BCUT2D eigenvalue weighted by Gasteiger charge is -2.04. The summed E-state index contributed by atoms with van der Waals surface area (Å²) >= 11 is 0. The van der Waals surface area contributed by atoms with Gasteiger partial charge in [0, 0.05) is 22.1 Å². The van der Waals surface area contributed by atoms with Gasteiger partial charge >= 0.3 is 0 Å². The Labute approximate surface area is 107 Å². The summed E-state index contributed by atoms with van der Waals surface area (Å²) < 4.78 is 37.9. The second-order valence-corrected chi connectivity index (χ2v) is 5.40. The first-order valence-electron chi connectivity index (χ1n) is 5.48. The molecule has 2 rings (SSSR count). The van der Waals surface area contributed by atoms with Gasteiger partial charge in [0.1, 0.15) is 11.6 Å². The fourth-order valence-electron chi connectivity index (χ4n) is 1.61. The van der Waals surface area contributed by atoms with Gasteiger partial charge in [-0.1, -0.05) is 30.3 Å². The van der Waals surface area contributed by atoms with Crippen molar-refractivity contribution in [1.29, 1.82) is 0 Å². The van der Waals surface area contributed by atoms with Crippen LogP contribution in [0, 0.1) is 11.6 Å². The molecule has 94 valence electrons. The van der Waals surface area contributed by atoms with E-state index in [1.165, 1.54) is 18.2 Å². The molecule has 0 aliphatic heterocycles. The Morgan fingerprint density at radius 1 is 0.889 bits per heavy atom. The lowest BCUT2D eigenvalue weighted by atomic mass is 10.2. The molecule has 0 saturated carbocycles. The molecule has 18 heavy (non-hydrogen) atoms. The molecular weight excluding hydrogens is 254 g/mol. The van der Waals surface area contributed by atoms with Crippen molar-refractivity contribution < 1.29 is 13.0 Å². The van der Waals surface area contributed by atoms with E-state index in [4.69, 9.17) is 0 Å². The van der Waals surface area contributed by atoms with Gasteiger partial charge in [-0.05, 0) is 23.8 Å². The summed E-state index contributed by atoms with van der Waals surface area (Å²) in [4.78, 5) is 0. The van der Waals surface area contributed by atoms with Gasteiger partial charge in [0.05, 0.1) is 5.75 Å². The summed E-state index contributed by atoms with van der Waals surface area (Å²) in [5.74, 6) is -0.192. The van der Waals surface area contributed by atoms with Gasteiger partial charge in [-0.15, -0.1) is 0 Å². The van der Waals surface area contributed by atoms with Gasteiger partial charge in [0.25, 0.3) is 0 Å². The molecule has 0 fully saturated rings. The van der Waals surface area contributed by atoms with Gasteiger partial charge < -0.3 is 0 Å². The van der Waals surface area contributed by atoms with E-state index < -0.39 is 10.8 Å². The Balaban J connectivity index is 2.01. The van der Waals surface area contributed by atoms with Crippen LogP contribution in [0.4, 0.5) is 8.78 Å². The molecule has 0 aromatic heterocycles. The third-order valence-electron chi connectivity index (χ3n) is 2.52. The summed E-state index contributed by atoms with van der Waals surface area (Å²) in [6.45, 7) is 0. The highest BCUT2D eigenvalue weighted by atomic mass is 32.2. The monoisotopic (exact) mass is 266 g/mol. The number of benzene rings is 2. The minimum absolute atomic E-state index is 0.171. The van der Waals surface area contributed by atoms with Gasteiger partial charge in [0.2, 0.25) is 0 Å². The van der Waals surface area contributed by atoms with Gasteiger partial charge in [-0.3, -0.25) is 4.21 Å². The van der Waals surface area contributed by atoms with E-state index in [2.05, 4.69) is 0 Å². The fraction of sp³-hybridized carbons (Fsp3) is 0.143. The Morgan fingerprint density at radius 2 is 1.56 bits per heavy atom. The molecule has 4 heteroatoms. The van der Waals surface area contributed by atoms with E-state index in [0.717, 1.165) is 5.56 Å². The number of hydrogen-bond acceptors (Lipinski definition) is 1. The van der Waals surface area contributed by atoms with Gasteiger partial charge in [0.15, 0.2) is 0 Å². The average molecular weight is 266 g/mol.